The van der Waals surface area contributed by atoms with Crippen molar-refractivity contribution in [3.05, 3.63) is 53.1 Å². The normalized spacial score (nSPS) is 10.8. The topological polar surface area (TPSA) is 86.9 Å². The van der Waals surface area contributed by atoms with Gasteiger partial charge in [0.1, 0.15) is 5.56 Å². The number of ether oxygens (including phenoxy) is 1. The summed E-state index contributed by atoms with van der Waals surface area (Å²) in [6.45, 7) is 4.47. The van der Waals surface area contributed by atoms with E-state index in [4.69, 9.17) is 4.74 Å². The van der Waals surface area contributed by atoms with Crippen molar-refractivity contribution in [2.75, 3.05) is 13.7 Å². The Morgan fingerprint density at radius 1 is 1.27 bits per heavy atom. The van der Waals surface area contributed by atoms with E-state index in [0.29, 0.717) is 24.4 Å². The van der Waals surface area contributed by atoms with E-state index in [-0.39, 0.29) is 5.91 Å². The maximum absolute atomic E-state index is 12.3. The number of methoxy groups -OCH3 is 1. The van der Waals surface area contributed by atoms with E-state index in [9.17, 15) is 4.79 Å². The van der Waals surface area contributed by atoms with Gasteiger partial charge in [0.2, 0.25) is 5.88 Å². The van der Waals surface area contributed by atoms with Gasteiger partial charge in [0.05, 0.1) is 12.8 Å². The molecule has 0 aliphatic rings. The summed E-state index contributed by atoms with van der Waals surface area (Å²) < 4.78 is 8.51. The van der Waals surface area contributed by atoms with Crippen LogP contribution in [0.2, 0.25) is 0 Å². The van der Waals surface area contributed by atoms with E-state index >= 15 is 0 Å². The minimum atomic E-state index is -0.206. The molecular formula is C18H22N6O2. The summed E-state index contributed by atoms with van der Waals surface area (Å²) in [4.78, 5) is 16.7. The number of aromatic nitrogens is 5. The molecule has 26 heavy (non-hydrogen) atoms. The molecule has 0 aliphatic heterocycles. The van der Waals surface area contributed by atoms with E-state index < -0.39 is 0 Å². The zero-order valence-corrected chi connectivity index (χ0v) is 15.4. The second kappa shape index (κ2) is 7.38. The molecule has 8 nitrogen and oxygen atoms in total. The van der Waals surface area contributed by atoms with Gasteiger partial charge >= 0.3 is 0 Å². The molecule has 3 rings (SSSR count). The lowest BCUT2D eigenvalue weighted by Gasteiger charge is -2.06. The molecule has 0 aliphatic carbocycles. The number of hydrogen-bond donors (Lipinski definition) is 1. The van der Waals surface area contributed by atoms with Gasteiger partial charge in [-0.25, -0.2) is 9.67 Å². The van der Waals surface area contributed by atoms with Gasteiger partial charge in [-0.2, -0.15) is 5.10 Å². The van der Waals surface area contributed by atoms with Crippen LogP contribution in [0.3, 0.4) is 0 Å². The molecule has 1 N–H and O–H groups in total. The largest absolute Gasteiger partial charge is 0.479 e. The van der Waals surface area contributed by atoms with Crippen molar-refractivity contribution in [3.63, 3.8) is 0 Å². The van der Waals surface area contributed by atoms with Crippen LogP contribution in [-0.2, 0) is 13.5 Å². The molecule has 3 aromatic rings. The molecule has 0 fully saturated rings. The van der Waals surface area contributed by atoms with Crippen molar-refractivity contribution < 1.29 is 9.53 Å². The lowest BCUT2D eigenvalue weighted by molar-refractivity contribution is 0.0951. The Labute approximate surface area is 151 Å². The molecule has 3 heterocycles. The fraction of sp³-hybridized carbons (Fsp3) is 0.333. The second-order valence-electron chi connectivity index (χ2n) is 5.98. The Morgan fingerprint density at radius 3 is 2.77 bits per heavy atom. The Morgan fingerprint density at radius 2 is 2.08 bits per heavy atom. The van der Waals surface area contributed by atoms with E-state index in [0.717, 1.165) is 22.8 Å². The SMILES string of the molecule is COc1nn(C)cc1C(=O)NCCc1c(C)nn(-c2ccccn2)c1C. The lowest BCUT2D eigenvalue weighted by Crippen LogP contribution is -2.26. The fourth-order valence-electron chi connectivity index (χ4n) is 2.91. The van der Waals surface area contributed by atoms with Gasteiger partial charge in [-0.3, -0.25) is 9.48 Å². The van der Waals surface area contributed by atoms with E-state index in [1.807, 2.05) is 36.7 Å². The van der Waals surface area contributed by atoms with Gasteiger partial charge < -0.3 is 10.1 Å². The van der Waals surface area contributed by atoms with Crippen molar-refractivity contribution in [1.29, 1.82) is 0 Å². The van der Waals surface area contributed by atoms with Crippen LogP contribution in [0.4, 0.5) is 0 Å². The predicted octanol–water partition coefficient (Wildman–Crippen LogP) is 1.60. The minimum absolute atomic E-state index is 0.206. The third-order valence-corrected chi connectivity index (χ3v) is 4.20. The van der Waals surface area contributed by atoms with Gasteiger partial charge in [-0.05, 0) is 38.0 Å². The smallest absolute Gasteiger partial charge is 0.258 e. The van der Waals surface area contributed by atoms with Crippen LogP contribution in [0.15, 0.2) is 30.6 Å². The summed E-state index contributed by atoms with van der Waals surface area (Å²) in [6.07, 6.45) is 4.07. The van der Waals surface area contributed by atoms with Gasteiger partial charge in [0, 0.05) is 31.7 Å². The summed E-state index contributed by atoms with van der Waals surface area (Å²) in [5.74, 6) is 0.895. The molecule has 0 unspecified atom stereocenters. The molecule has 1 amide bonds. The fourth-order valence-corrected chi connectivity index (χ4v) is 2.91. The zero-order chi connectivity index (χ0) is 18.7. The van der Waals surface area contributed by atoms with E-state index in [1.165, 1.54) is 7.11 Å². The standard InChI is InChI=1S/C18H22N6O2/c1-12-14(13(2)24(21-12)16-7-5-6-9-19-16)8-10-20-17(25)15-11-23(3)22-18(15)26-4/h5-7,9,11H,8,10H2,1-4H3,(H,20,25). The van der Waals surface area contributed by atoms with Gasteiger partial charge in [0.15, 0.2) is 5.82 Å². The summed E-state index contributed by atoms with van der Waals surface area (Å²) >= 11 is 0. The van der Waals surface area contributed by atoms with Gasteiger partial charge in [-0.1, -0.05) is 6.07 Å². The highest BCUT2D eigenvalue weighted by molar-refractivity contribution is 5.96. The lowest BCUT2D eigenvalue weighted by atomic mass is 10.1. The summed E-state index contributed by atoms with van der Waals surface area (Å²) in [6, 6.07) is 5.72. The molecule has 0 aromatic carbocycles. The number of carbonyl (C=O) groups is 1. The first-order valence-electron chi connectivity index (χ1n) is 8.33. The number of amides is 1. The second-order valence-corrected chi connectivity index (χ2v) is 5.98. The third-order valence-electron chi connectivity index (χ3n) is 4.20. The maximum atomic E-state index is 12.3. The summed E-state index contributed by atoms with van der Waals surface area (Å²) in [7, 11) is 3.25. The highest BCUT2D eigenvalue weighted by Gasteiger charge is 2.17. The Hall–Kier alpha value is -3.16. The average molecular weight is 354 g/mol. The molecule has 0 saturated carbocycles. The number of nitrogens with one attached hydrogen (secondary N) is 1. The molecular weight excluding hydrogens is 332 g/mol. The van der Waals surface area contributed by atoms with Gasteiger partial charge in [-0.15, -0.1) is 5.10 Å². The van der Waals surface area contributed by atoms with Crippen molar-refractivity contribution in [3.8, 4) is 11.7 Å². The van der Waals surface area contributed by atoms with Gasteiger partial charge in [0.25, 0.3) is 5.91 Å². The molecule has 0 bridgehead atoms. The Kier molecular flexibility index (Phi) is 5.01. The van der Waals surface area contributed by atoms with Crippen LogP contribution in [0.1, 0.15) is 27.3 Å². The first-order valence-corrected chi connectivity index (χ1v) is 8.33. The van der Waals surface area contributed by atoms with Crippen LogP contribution in [0.5, 0.6) is 5.88 Å². The predicted molar refractivity (Wildman–Crippen MR) is 96.6 cm³/mol. The van der Waals surface area contributed by atoms with Crippen LogP contribution in [0.25, 0.3) is 5.82 Å². The summed E-state index contributed by atoms with van der Waals surface area (Å²) in [5.41, 5.74) is 3.48. The first-order chi connectivity index (χ1) is 12.5. The third kappa shape index (κ3) is 3.44. The molecule has 0 saturated heterocycles. The van der Waals surface area contributed by atoms with Crippen molar-refractivity contribution >= 4 is 5.91 Å². The minimum Gasteiger partial charge on any atom is -0.479 e. The number of rotatable bonds is 6. The molecule has 136 valence electrons. The van der Waals surface area contributed by atoms with Crippen LogP contribution in [0, 0.1) is 13.8 Å². The highest BCUT2D eigenvalue weighted by Crippen LogP contribution is 2.17. The van der Waals surface area contributed by atoms with Crippen LogP contribution >= 0.6 is 0 Å². The molecule has 8 heteroatoms. The zero-order valence-electron chi connectivity index (χ0n) is 15.4. The Bertz CT molecular complexity index is 913. The average Bonchev–Trinajstić information content (AvgIpc) is 3.16. The molecule has 3 aromatic heterocycles. The van der Waals surface area contributed by atoms with E-state index in [2.05, 4.69) is 20.5 Å². The number of pyridine rings is 1. The monoisotopic (exact) mass is 354 g/mol. The Balaban J connectivity index is 1.69. The van der Waals surface area contributed by atoms with Crippen molar-refractivity contribution in [2.45, 2.75) is 20.3 Å². The molecule has 0 radical (unpaired) electrons. The van der Waals surface area contributed by atoms with Crippen molar-refractivity contribution in [2.24, 2.45) is 7.05 Å². The highest BCUT2D eigenvalue weighted by atomic mass is 16.5. The van der Waals surface area contributed by atoms with Crippen LogP contribution < -0.4 is 10.1 Å². The van der Waals surface area contributed by atoms with Crippen LogP contribution in [-0.4, -0.2) is 44.1 Å². The number of nitrogens with zero attached hydrogens (tertiary/aromatic N) is 5. The quantitative estimate of drug-likeness (QED) is 0.726. The van der Waals surface area contributed by atoms with E-state index in [1.54, 1.807) is 24.1 Å². The molecule has 0 atom stereocenters. The summed E-state index contributed by atoms with van der Waals surface area (Å²) in [5, 5.41) is 11.6. The first kappa shape index (κ1) is 17.7. The maximum Gasteiger partial charge on any atom is 0.258 e. The molecule has 0 spiro atoms. The number of carbonyl (C=O) groups excluding carboxylic acids is 1. The number of aryl methyl sites for hydroxylation is 2. The van der Waals surface area contributed by atoms with Crippen molar-refractivity contribution in [1.82, 2.24) is 29.9 Å². The number of hydrogen-bond acceptors (Lipinski definition) is 5.